The fraction of sp³-hybridized carbons (Fsp3) is 0.588. The van der Waals surface area contributed by atoms with Crippen LogP contribution in [-0.4, -0.2) is 55.5 Å². The highest BCUT2D eigenvalue weighted by Gasteiger charge is 2.21. The van der Waals surface area contributed by atoms with E-state index in [9.17, 15) is 4.79 Å². The van der Waals surface area contributed by atoms with Crippen molar-refractivity contribution in [2.75, 3.05) is 39.8 Å². The molecule has 0 bridgehead atoms. The van der Waals surface area contributed by atoms with Gasteiger partial charge in [0.05, 0.1) is 6.61 Å². The Morgan fingerprint density at radius 1 is 1.19 bits per heavy atom. The number of hydrogen-bond acceptors (Lipinski definition) is 3. The maximum atomic E-state index is 12.8. The van der Waals surface area contributed by atoms with E-state index >= 15 is 0 Å². The molecule has 1 saturated heterocycles. The summed E-state index contributed by atoms with van der Waals surface area (Å²) < 4.78 is 5.20. The van der Waals surface area contributed by atoms with E-state index in [1.807, 2.05) is 29.2 Å². The Kier molecular flexibility index (Phi) is 6.21. The molecule has 21 heavy (non-hydrogen) atoms. The van der Waals surface area contributed by atoms with E-state index in [-0.39, 0.29) is 5.91 Å². The molecule has 0 saturated carbocycles. The van der Waals surface area contributed by atoms with E-state index < -0.39 is 0 Å². The van der Waals surface area contributed by atoms with Crippen molar-refractivity contribution < 1.29 is 9.53 Å². The van der Waals surface area contributed by atoms with Crippen molar-refractivity contribution in [1.29, 1.82) is 0 Å². The molecule has 0 atom stereocenters. The molecular weight excluding hydrogens is 264 g/mol. The van der Waals surface area contributed by atoms with Gasteiger partial charge in [-0.15, -0.1) is 0 Å². The quantitative estimate of drug-likeness (QED) is 0.835. The molecule has 0 aliphatic carbocycles. The summed E-state index contributed by atoms with van der Waals surface area (Å²) in [5.41, 5.74) is 1.75. The highest BCUT2D eigenvalue weighted by Crippen LogP contribution is 2.15. The van der Waals surface area contributed by atoms with E-state index in [1.54, 1.807) is 7.11 Å². The number of ether oxygens (including phenoxy) is 1. The molecule has 1 heterocycles. The number of hydrogen-bond donors (Lipinski definition) is 0. The van der Waals surface area contributed by atoms with Gasteiger partial charge in [0.15, 0.2) is 0 Å². The van der Waals surface area contributed by atoms with Crippen LogP contribution < -0.4 is 0 Å². The number of methoxy groups -OCH3 is 1. The van der Waals surface area contributed by atoms with Crippen molar-refractivity contribution >= 4 is 5.91 Å². The molecule has 1 amide bonds. The first kappa shape index (κ1) is 16.0. The second kappa shape index (κ2) is 8.15. The van der Waals surface area contributed by atoms with Crippen LogP contribution in [0, 0.1) is 0 Å². The second-order valence-electron chi connectivity index (χ2n) is 5.58. The molecule has 0 unspecified atom stereocenters. The first-order valence-electron chi connectivity index (χ1n) is 7.84. The van der Waals surface area contributed by atoms with Crippen LogP contribution in [0.2, 0.25) is 0 Å². The average Bonchev–Trinajstić information content (AvgIpc) is 2.74. The van der Waals surface area contributed by atoms with Gasteiger partial charge in [0.2, 0.25) is 0 Å². The number of benzene rings is 1. The summed E-state index contributed by atoms with van der Waals surface area (Å²) in [6, 6.07) is 7.76. The van der Waals surface area contributed by atoms with Crippen molar-refractivity contribution in [3.8, 4) is 0 Å². The molecule has 4 heteroatoms. The molecule has 1 aliphatic heterocycles. The van der Waals surface area contributed by atoms with Gasteiger partial charge >= 0.3 is 0 Å². The Labute approximate surface area is 127 Å². The van der Waals surface area contributed by atoms with Crippen LogP contribution in [0.4, 0.5) is 0 Å². The number of carbonyl (C=O) groups is 1. The highest BCUT2D eigenvalue weighted by atomic mass is 16.5. The van der Waals surface area contributed by atoms with E-state index in [0.717, 1.165) is 50.3 Å². The molecule has 0 aromatic heterocycles. The summed E-state index contributed by atoms with van der Waals surface area (Å²) in [6.45, 7) is 7.55. The van der Waals surface area contributed by atoms with Gasteiger partial charge in [-0.3, -0.25) is 4.79 Å². The van der Waals surface area contributed by atoms with E-state index in [2.05, 4.69) is 11.8 Å². The van der Waals surface area contributed by atoms with Gasteiger partial charge < -0.3 is 14.5 Å². The Morgan fingerprint density at radius 3 is 2.76 bits per heavy atom. The van der Waals surface area contributed by atoms with Crippen molar-refractivity contribution in [3.05, 3.63) is 35.4 Å². The fourth-order valence-electron chi connectivity index (χ4n) is 2.89. The lowest BCUT2D eigenvalue weighted by atomic mass is 10.1. The van der Waals surface area contributed by atoms with Gasteiger partial charge in [0.1, 0.15) is 0 Å². The maximum Gasteiger partial charge on any atom is 0.254 e. The van der Waals surface area contributed by atoms with Gasteiger partial charge in [-0.25, -0.2) is 0 Å². The highest BCUT2D eigenvalue weighted by molar-refractivity contribution is 5.95. The van der Waals surface area contributed by atoms with Crippen LogP contribution in [0.5, 0.6) is 0 Å². The zero-order chi connectivity index (χ0) is 15.1. The third-order valence-corrected chi connectivity index (χ3v) is 3.96. The molecule has 1 aromatic rings. The monoisotopic (exact) mass is 290 g/mol. The summed E-state index contributed by atoms with van der Waals surface area (Å²) >= 11 is 0. The largest absolute Gasteiger partial charge is 0.380 e. The first-order valence-corrected chi connectivity index (χ1v) is 7.84. The summed E-state index contributed by atoms with van der Waals surface area (Å²) in [4.78, 5) is 17.2. The second-order valence-corrected chi connectivity index (χ2v) is 5.58. The van der Waals surface area contributed by atoms with Crippen LogP contribution in [0.15, 0.2) is 24.3 Å². The normalized spacial score (nSPS) is 16.8. The lowest BCUT2D eigenvalue weighted by Crippen LogP contribution is -2.35. The van der Waals surface area contributed by atoms with Crippen molar-refractivity contribution in [2.24, 2.45) is 0 Å². The van der Waals surface area contributed by atoms with E-state index in [0.29, 0.717) is 6.61 Å². The minimum absolute atomic E-state index is 0.140. The van der Waals surface area contributed by atoms with Gasteiger partial charge in [-0.05, 0) is 37.6 Å². The van der Waals surface area contributed by atoms with Gasteiger partial charge in [-0.2, -0.15) is 0 Å². The topological polar surface area (TPSA) is 32.8 Å². The van der Waals surface area contributed by atoms with Gasteiger partial charge in [0.25, 0.3) is 5.91 Å². The minimum atomic E-state index is 0.140. The van der Waals surface area contributed by atoms with Crippen molar-refractivity contribution in [3.63, 3.8) is 0 Å². The van der Waals surface area contributed by atoms with Crippen LogP contribution in [-0.2, 0) is 11.3 Å². The molecule has 2 rings (SSSR count). The zero-order valence-corrected chi connectivity index (χ0v) is 13.2. The molecule has 4 nitrogen and oxygen atoms in total. The number of amides is 1. The molecule has 1 fully saturated rings. The van der Waals surface area contributed by atoms with Crippen molar-refractivity contribution in [1.82, 2.24) is 9.80 Å². The van der Waals surface area contributed by atoms with Crippen LogP contribution in [0.3, 0.4) is 0 Å². The number of rotatable bonds is 5. The Hall–Kier alpha value is -1.39. The Balaban J connectivity index is 2.06. The third-order valence-electron chi connectivity index (χ3n) is 3.96. The van der Waals surface area contributed by atoms with Gasteiger partial charge in [-0.1, -0.05) is 25.1 Å². The van der Waals surface area contributed by atoms with Crippen LogP contribution >= 0.6 is 0 Å². The number of nitrogens with zero attached hydrogens (tertiary/aromatic N) is 2. The van der Waals surface area contributed by atoms with Crippen LogP contribution in [0.25, 0.3) is 0 Å². The zero-order valence-electron chi connectivity index (χ0n) is 13.2. The van der Waals surface area contributed by atoms with E-state index in [4.69, 9.17) is 4.74 Å². The lowest BCUT2D eigenvalue weighted by molar-refractivity contribution is 0.0756. The summed E-state index contributed by atoms with van der Waals surface area (Å²) in [5, 5.41) is 0. The summed E-state index contributed by atoms with van der Waals surface area (Å²) in [5.74, 6) is 0.140. The summed E-state index contributed by atoms with van der Waals surface area (Å²) in [6.07, 6.45) is 2.23. The van der Waals surface area contributed by atoms with E-state index in [1.165, 1.54) is 6.42 Å². The molecule has 116 valence electrons. The number of carbonyl (C=O) groups excluding carboxylic acids is 1. The fourth-order valence-corrected chi connectivity index (χ4v) is 2.89. The third kappa shape index (κ3) is 4.29. The molecule has 0 spiro atoms. The van der Waals surface area contributed by atoms with Crippen LogP contribution in [0.1, 0.15) is 35.7 Å². The molecule has 1 aromatic carbocycles. The smallest absolute Gasteiger partial charge is 0.254 e. The predicted octanol–water partition coefficient (Wildman–Crippen LogP) is 2.39. The SMILES string of the molecule is CCCN1CCCN(C(=O)c2ccccc2COC)CC1. The van der Waals surface area contributed by atoms with Gasteiger partial charge in [0, 0.05) is 32.3 Å². The minimum Gasteiger partial charge on any atom is -0.380 e. The molecule has 0 N–H and O–H groups in total. The predicted molar refractivity (Wildman–Crippen MR) is 84.4 cm³/mol. The summed E-state index contributed by atoms with van der Waals surface area (Å²) in [7, 11) is 1.66. The average molecular weight is 290 g/mol. The molecular formula is C17H26N2O2. The Morgan fingerprint density at radius 2 is 2.00 bits per heavy atom. The molecule has 1 aliphatic rings. The molecule has 0 radical (unpaired) electrons. The Bertz CT molecular complexity index is 462. The standard InChI is InChI=1S/C17H26N2O2/c1-3-9-18-10-6-11-19(13-12-18)17(20)16-8-5-4-7-15(16)14-21-2/h4-5,7-8H,3,6,9-14H2,1-2H3. The van der Waals surface area contributed by atoms with Crippen molar-refractivity contribution in [2.45, 2.75) is 26.4 Å². The lowest BCUT2D eigenvalue weighted by Gasteiger charge is -2.22. The maximum absolute atomic E-state index is 12.8. The first-order chi connectivity index (χ1) is 10.3.